The highest BCUT2D eigenvalue weighted by atomic mass is 32.1. The lowest BCUT2D eigenvalue weighted by atomic mass is 10.0. The quantitative estimate of drug-likeness (QED) is 0.352. The molecule has 2 amide bonds. The molecule has 4 rings (SSSR count). The van der Waals surface area contributed by atoms with Crippen LogP contribution in [0.15, 0.2) is 78.2 Å². The van der Waals surface area contributed by atoms with Gasteiger partial charge in [-0.1, -0.05) is 60.7 Å². The molecule has 1 heterocycles. The van der Waals surface area contributed by atoms with Crippen molar-refractivity contribution in [2.75, 3.05) is 19.5 Å². The van der Waals surface area contributed by atoms with E-state index in [0.29, 0.717) is 23.2 Å². The minimum Gasteiger partial charge on any atom is -0.493 e. The van der Waals surface area contributed by atoms with Crippen LogP contribution in [0.2, 0.25) is 0 Å². The molecule has 0 bridgehead atoms. The standard InChI is InChI=1S/C26H25N3O3S/c1-31-23-13-10-20(15-24(23)32-2)16-27-25(30)29-26-28-22(17-33-26)21-11-8-19(9-12-21)14-18-6-4-3-5-7-18/h3-13,15,17H,14,16H2,1-2H3,(H2,27,28,29,30). The summed E-state index contributed by atoms with van der Waals surface area (Å²) in [6.45, 7) is 0.354. The van der Waals surface area contributed by atoms with Crippen molar-refractivity contribution in [2.24, 2.45) is 0 Å². The van der Waals surface area contributed by atoms with E-state index in [-0.39, 0.29) is 6.03 Å². The van der Waals surface area contributed by atoms with Gasteiger partial charge >= 0.3 is 6.03 Å². The number of methoxy groups -OCH3 is 2. The lowest BCUT2D eigenvalue weighted by Crippen LogP contribution is -2.28. The average molecular weight is 460 g/mol. The van der Waals surface area contributed by atoms with E-state index in [2.05, 4.69) is 64.1 Å². The maximum Gasteiger partial charge on any atom is 0.321 e. The number of hydrogen-bond donors (Lipinski definition) is 2. The first-order valence-corrected chi connectivity index (χ1v) is 11.4. The Kier molecular flexibility index (Phi) is 7.22. The number of nitrogens with one attached hydrogen (secondary N) is 2. The molecule has 0 spiro atoms. The molecule has 33 heavy (non-hydrogen) atoms. The largest absolute Gasteiger partial charge is 0.493 e. The molecule has 0 radical (unpaired) electrons. The summed E-state index contributed by atoms with van der Waals surface area (Å²) < 4.78 is 10.5. The first-order chi connectivity index (χ1) is 16.1. The van der Waals surface area contributed by atoms with Gasteiger partial charge in [-0.25, -0.2) is 9.78 Å². The van der Waals surface area contributed by atoms with Gasteiger partial charge in [0, 0.05) is 17.5 Å². The van der Waals surface area contributed by atoms with E-state index in [1.165, 1.54) is 22.5 Å². The van der Waals surface area contributed by atoms with Crippen LogP contribution in [0.1, 0.15) is 16.7 Å². The predicted octanol–water partition coefficient (Wildman–Crippen LogP) is 5.74. The van der Waals surface area contributed by atoms with Gasteiger partial charge in [0.2, 0.25) is 0 Å². The molecule has 0 aliphatic heterocycles. The van der Waals surface area contributed by atoms with Gasteiger partial charge in [0.05, 0.1) is 19.9 Å². The van der Waals surface area contributed by atoms with E-state index < -0.39 is 0 Å². The van der Waals surface area contributed by atoms with Crippen molar-refractivity contribution in [3.63, 3.8) is 0 Å². The van der Waals surface area contributed by atoms with Crippen LogP contribution in [0.25, 0.3) is 11.3 Å². The maximum absolute atomic E-state index is 12.3. The number of anilines is 1. The summed E-state index contributed by atoms with van der Waals surface area (Å²) in [6.07, 6.45) is 0.894. The first kappa shape index (κ1) is 22.4. The van der Waals surface area contributed by atoms with Gasteiger partial charge < -0.3 is 14.8 Å². The van der Waals surface area contributed by atoms with Crippen molar-refractivity contribution >= 4 is 22.5 Å². The second-order valence-corrected chi connectivity index (χ2v) is 8.25. The third kappa shape index (κ3) is 5.90. The van der Waals surface area contributed by atoms with Crippen molar-refractivity contribution in [3.05, 3.63) is 94.9 Å². The molecule has 0 fully saturated rings. The van der Waals surface area contributed by atoms with Crippen LogP contribution in [0.4, 0.5) is 9.93 Å². The molecule has 7 heteroatoms. The maximum atomic E-state index is 12.3. The number of carbonyl (C=O) groups excluding carboxylic acids is 1. The number of nitrogens with zero attached hydrogens (tertiary/aromatic N) is 1. The number of benzene rings is 3. The average Bonchev–Trinajstić information content (AvgIpc) is 3.32. The Morgan fingerprint density at radius 2 is 1.58 bits per heavy atom. The Bertz CT molecular complexity index is 1210. The molecule has 0 unspecified atom stereocenters. The highest BCUT2D eigenvalue weighted by Crippen LogP contribution is 2.28. The van der Waals surface area contributed by atoms with E-state index in [1.807, 2.05) is 29.6 Å². The molecule has 3 aromatic carbocycles. The molecule has 2 N–H and O–H groups in total. The number of hydrogen-bond acceptors (Lipinski definition) is 5. The zero-order chi connectivity index (χ0) is 23.0. The van der Waals surface area contributed by atoms with Crippen molar-refractivity contribution < 1.29 is 14.3 Å². The summed E-state index contributed by atoms with van der Waals surface area (Å²) in [6, 6.07) is 24.0. The SMILES string of the molecule is COc1ccc(CNC(=O)Nc2nc(-c3ccc(Cc4ccccc4)cc3)cs2)cc1OC. The van der Waals surface area contributed by atoms with E-state index in [9.17, 15) is 4.79 Å². The number of urea groups is 1. The highest BCUT2D eigenvalue weighted by molar-refractivity contribution is 7.14. The summed E-state index contributed by atoms with van der Waals surface area (Å²) in [4.78, 5) is 16.9. The van der Waals surface area contributed by atoms with Gasteiger partial charge in [0.1, 0.15) is 0 Å². The van der Waals surface area contributed by atoms with Gasteiger partial charge in [-0.15, -0.1) is 11.3 Å². The molecular formula is C26H25N3O3S. The van der Waals surface area contributed by atoms with Gasteiger partial charge in [-0.05, 0) is 35.2 Å². The fraction of sp³-hybridized carbons (Fsp3) is 0.154. The van der Waals surface area contributed by atoms with Crippen LogP contribution in [0.5, 0.6) is 11.5 Å². The van der Waals surface area contributed by atoms with E-state index in [1.54, 1.807) is 14.2 Å². The Labute approximate surface area is 197 Å². The summed E-state index contributed by atoms with van der Waals surface area (Å²) in [5.74, 6) is 1.27. The van der Waals surface area contributed by atoms with Gasteiger partial charge in [-0.3, -0.25) is 5.32 Å². The molecule has 4 aromatic rings. The number of amides is 2. The third-order valence-corrected chi connectivity index (χ3v) is 5.88. The molecule has 0 aliphatic rings. The number of thiazole rings is 1. The van der Waals surface area contributed by atoms with E-state index >= 15 is 0 Å². The Morgan fingerprint density at radius 1 is 0.879 bits per heavy atom. The monoisotopic (exact) mass is 459 g/mol. The Morgan fingerprint density at radius 3 is 2.30 bits per heavy atom. The molecule has 0 atom stereocenters. The van der Waals surface area contributed by atoms with Crippen molar-refractivity contribution in [3.8, 4) is 22.8 Å². The fourth-order valence-corrected chi connectivity index (χ4v) is 4.12. The molecule has 0 saturated heterocycles. The zero-order valence-electron chi connectivity index (χ0n) is 18.5. The van der Waals surface area contributed by atoms with Crippen LogP contribution >= 0.6 is 11.3 Å². The van der Waals surface area contributed by atoms with Crippen LogP contribution < -0.4 is 20.1 Å². The summed E-state index contributed by atoms with van der Waals surface area (Å²) in [7, 11) is 3.17. The Balaban J connectivity index is 1.32. The molecule has 168 valence electrons. The molecule has 1 aromatic heterocycles. The third-order valence-electron chi connectivity index (χ3n) is 5.13. The fourth-order valence-electron chi connectivity index (χ4n) is 3.40. The summed E-state index contributed by atoms with van der Waals surface area (Å²) >= 11 is 1.39. The van der Waals surface area contributed by atoms with Crippen molar-refractivity contribution in [1.82, 2.24) is 10.3 Å². The molecule has 6 nitrogen and oxygen atoms in total. The zero-order valence-corrected chi connectivity index (χ0v) is 19.3. The van der Waals surface area contributed by atoms with Crippen LogP contribution in [-0.2, 0) is 13.0 Å². The minimum absolute atomic E-state index is 0.316. The number of carbonyl (C=O) groups is 1. The number of ether oxygens (including phenoxy) is 2. The van der Waals surface area contributed by atoms with Gasteiger partial charge in [-0.2, -0.15) is 0 Å². The van der Waals surface area contributed by atoms with Crippen LogP contribution in [-0.4, -0.2) is 25.2 Å². The van der Waals surface area contributed by atoms with Gasteiger partial charge in [0.25, 0.3) is 0 Å². The minimum atomic E-state index is -0.316. The number of rotatable bonds is 8. The summed E-state index contributed by atoms with van der Waals surface area (Å²) in [5, 5.41) is 8.12. The topological polar surface area (TPSA) is 72.5 Å². The second-order valence-electron chi connectivity index (χ2n) is 7.39. The normalized spacial score (nSPS) is 10.5. The van der Waals surface area contributed by atoms with E-state index in [0.717, 1.165) is 23.2 Å². The molecule has 0 saturated carbocycles. The predicted molar refractivity (Wildman–Crippen MR) is 132 cm³/mol. The second kappa shape index (κ2) is 10.7. The lowest BCUT2D eigenvalue weighted by molar-refractivity contribution is 0.251. The lowest BCUT2D eigenvalue weighted by Gasteiger charge is -2.10. The smallest absolute Gasteiger partial charge is 0.321 e. The van der Waals surface area contributed by atoms with E-state index in [4.69, 9.17) is 9.47 Å². The molecule has 0 aliphatic carbocycles. The molecular weight excluding hydrogens is 434 g/mol. The van der Waals surface area contributed by atoms with Crippen LogP contribution in [0, 0.1) is 0 Å². The first-order valence-electron chi connectivity index (χ1n) is 10.5. The Hall–Kier alpha value is -3.84. The van der Waals surface area contributed by atoms with Crippen molar-refractivity contribution in [1.29, 1.82) is 0 Å². The highest BCUT2D eigenvalue weighted by Gasteiger charge is 2.10. The van der Waals surface area contributed by atoms with Crippen LogP contribution in [0.3, 0.4) is 0 Å². The van der Waals surface area contributed by atoms with Gasteiger partial charge in [0.15, 0.2) is 16.6 Å². The summed E-state index contributed by atoms with van der Waals surface area (Å²) in [5.41, 5.74) is 5.28. The van der Waals surface area contributed by atoms with Crippen molar-refractivity contribution in [2.45, 2.75) is 13.0 Å². The number of aromatic nitrogens is 1.